The third-order valence-electron chi connectivity index (χ3n) is 1.16. The standard InChI is InChI=1S/C6H7N.C3H7NO.ClH/c1-6-4-2-3-5-7-6;1-3(5)4-2;/h2-5H,1H3;1-2H3,(H,4,5);1H. The van der Waals surface area contributed by atoms with Crippen molar-refractivity contribution in [2.24, 2.45) is 0 Å². The van der Waals surface area contributed by atoms with Crippen LogP contribution in [0.5, 0.6) is 0 Å². The lowest BCUT2D eigenvalue weighted by Crippen LogP contribution is -2.11. The van der Waals surface area contributed by atoms with Crippen molar-refractivity contribution >= 4 is 18.3 Å². The summed E-state index contributed by atoms with van der Waals surface area (Å²) in [5.41, 5.74) is 1.07. The Kier molecular flexibility index (Phi) is 10.00. The summed E-state index contributed by atoms with van der Waals surface area (Å²) in [5.74, 6) is 0.00463. The highest BCUT2D eigenvalue weighted by molar-refractivity contribution is 5.85. The number of pyridine rings is 1. The van der Waals surface area contributed by atoms with E-state index >= 15 is 0 Å². The maximum Gasteiger partial charge on any atom is 0.216 e. The number of nitrogens with one attached hydrogen (secondary N) is 1. The van der Waals surface area contributed by atoms with Gasteiger partial charge in [0, 0.05) is 25.9 Å². The first-order valence-corrected chi connectivity index (χ1v) is 3.72. The molecule has 1 heterocycles. The van der Waals surface area contributed by atoms with E-state index in [4.69, 9.17) is 0 Å². The van der Waals surface area contributed by atoms with E-state index in [1.807, 2.05) is 25.1 Å². The molecule has 0 atom stereocenters. The molecule has 1 N–H and O–H groups in total. The number of hydrogen-bond donors (Lipinski definition) is 1. The Balaban J connectivity index is 0. The van der Waals surface area contributed by atoms with Crippen LogP contribution in [0, 0.1) is 6.92 Å². The van der Waals surface area contributed by atoms with Crippen molar-refractivity contribution in [1.29, 1.82) is 0 Å². The molecule has 1 aromatic rings. The highest BCUT2D eigenvalue weighted by Gasteiger charge is 1.73. The van der Waals surface area contributed by atoms with Gasteiger partial charge in [-0.05, 0) is 19.1 Å². The molecule has 0 aliphatic carbocycles. The number of halogens is 1. The van der Waals surface area contributed by atoms with Gasteiger partial charge < -0.3 is 5.32 Å². The molecular formula is C9H15ClN2O. The molecule has 0 radical (unpaired) electrons. The normalized spacial score (nSPS) is 7.31. The van der Waals surface area contributed by atoms with Gasteiger partial charge >= 0.3 is 0 Å². The Morgan fingerprint density at radius 2 is 2.00 bits per heavy atom. The average Bonchev–Trinajstić information content (AvgIpc) is 2.07. The SMILES string of the molecule is CNC(C)=O.Cc1ccccn1.Cl. The smallest absolute Gasteiger partial charge is 0.216 e. The number of aryl methyl sites for hydroxylation is 1. The van der Waals surface area contributed by atoms with Crippen molar-refractivity contribution in [3.8, 4) is 0 Å². The molecule has 0 fully saturated rings. The van der Waals surface area contributed by atoms with Gasteiger partial charge in [0.15, 0.2) is 0 Å². The molecule has 0 aliphatic rings. The van der Waals surface area contributed by atoms with Crippen LogP contribution in [0.4, 0.5) is 0 Å². The van der Waals surface area contributed by atoms with Crippen LogP contribution in [-0.2, 0) is 4.79 Å². The molecule has 1 aromatic heterocycles. The zero-order chi connectivity index (χ0) is 9.40. The van der Waals surface area contributed by atoms with Crippen LogP contribution in [-0.4, -0.2) is 17.9 Å². The van der Waals surface area contributed by atoms with Gasteiger partial charge in [0.25, 0.3) is 0 Å². The first kappa shape index (κ1) is 14.4. The number of carbonyl (C=O) groups is 1. The van der Waals surface area contributed by atoms with Crippen LogP contribution in [0.1, 0.15) is 12.6 Å². The molecule has 0 spiro atoms. The maximum absolute atomic E-state index is 9.70. The van der Waals surface area contributed by atoms with Crippen molar-refractivity contribution in [3.05, 3.63) is 30.1 Å². The largest absolute Gasteiger partial charge is 0.359 e. The lowest BCUT2D eigenvalue weighted by molar-refractivity contribution is -0.118. The number of rotatable bonds is 0. The van der Waals surface area contributed by atoms with E-state index in [0.717, 1.165) is 5.69 Å². The minimum absolute atomic E-state index is 0. The fourth-order valence-electron chi connectivity index (χ4n) is 0.448. The lowest BCUT2D eigenvalue weighted by Gasteiger charge is -1.82. The van der Waals surface area contributed by atoms with E-state index in [1.165, 1.54) is 6.92 Å². The Labute approximate surface area is 85.0 Å². The lowest BCUT2D eigenvalue weighted by atomic mass is 10.4. The van der Waals surface area contributed by atoms with Gasteiger partial charge in [-0.3, -0.25) is 9.78 Å². The van der Waals surface area contributed by atoms with Crippen molar-refractivity contribution in [1.82, 2.24) is 10.3 Å². The van der Waals surface area contributed by atoms with Crippen LogP contribution in [0.3, 0.4) is 0 Å². The molecule has 0 aromatic carbocycles. The monoisotopic (exact) mass is 202 g/mol. The van der Waals surface area contributed by atoms with Crippen molar-refractivity contribution in [2.45, 2.75) is 13.8 Å². The van der Waals surface area contributed by atoms with Gasteiger partial charge in [-0.1, -0.05) is 6.07 Å². The predicted molar refractivity (Wildman–Crippen MR) is 56.0 cm³/mol. The summed E-state index contributed by atoms with van der Waals surface area (Å²) in [6, 6.07) is 5.86. The second-order valence-corrected chi connectivity index (χ2v) is 2.28. The van der Waals surface area contributed by atoms with Crippen LogP contribution < -0.4 is 5.32 Å². The molecule has 1 amide bonds. The summed E-state index contributed by atoms with van der Waals surface area (Å²) < 4.78 is 0. The first-order valence-electron chi connectivity index (χ1n) is 3.72. The molecule has 0 aliphatic heterocycles. The molecule has 74 valence electrons. The van der Waals surface area contributed by atoms with E-state index in [0.29, 0.717) is 0 Å². The summed E-state index contributed by atoms with van der Waals surface area (Å²) in [6.07, 6.45) is 1.79. The van der Waals surface area contributed by atoms with Crippen molar-refractivity contribution in [2.75, 3.05) is 7.05 Å². The molecule has 3 nitrogen and oxygen atoms in total. The van der Waals surface area contributed by atoms with E-state index in [9.17, 15) is 4.79 Å². The van der Waals surface area contributed by atoms with Crippen LogP contribution in [0.2, 0.25) is 0 Å². The molecule has 0 bridgehead atoms. The summed E-state index contributed by atoms with van der Waals surface area (Å²) in [5, 5.41) is 2.39. The third kappa shape index (κ3) is 10.9. The zero-order valence-electron chi connectivity index (χ0n) is 8.07. The first-order chi connectivity index (χ1) is 5.66. The van der Waals surface area contributed by atoms with Crippen molar-refractivity contribution < 1.29 is 4.79 Å². The number of aromatic nitrogens is 1. The average molecular weight is 203 g/mol. The minimum Gasteiger partial charge on any atom is -0.359 e. The van der Waals surface area contributed by atoms with Crippen LogP contribution >= 0.6 is 12.4 Å². The molecule has 0 saturated heterocycles. The van der Waals surface area contributed by atoms with Crippen molar-refractivity contribution in [3.63, 3.8) is 0 Å². The second kappa shape index (κ2) is 9.00. The summed E-state index contributed by atoms with van der Waals surface area (Å²) in [4.78, 5) is 13.7. The molecule has 4 heteroatoms. The van der Waals surface area contributed by atoms with E-state index in [2.05, 4.69) is 10.3 Å². The molecule has 13 heavy (non-hydrogen) atoms. The van der Waals surface area contributed by atoms with Gasteiger partial charge in [-0.15, -0.1) is 12.4 Å². The van der Waals surface area contributed by atoms with Gasteiger partial charge in [-0.2, -0.15) is 0 Å². The Bertz CT molecular complexity index is 226. The fourth-order valence-corrected chi connectivity index (χ4v) is 0.448. The third-order valence-corrected chi connectivity index (χ3v) is 1.16. The highest BCUT2D eigenvalue weighted by Crippen LogP contribution is 1.85. The minimum atomic E-state index is 0. The summed E-state index contributed by atoms with van der Waals surface area (Å²) in [7, 11) is 1.60. The van der Waals surface area contributed by atoms with Gasteiger partial charge in [0.05, 0.1) is 0 Å². The number of nitrogens with zero attached hydrogens (tertiary/aromatic N) is 1. The topological polar surface area (TPSA) is 42.0 Å². The Hall–Kier alpha value is -1.09. The van der Waals surface area contributed by atoms with Crippen LogP contribution in [0.15, 0.2) is 24.4 Å². The highest BCUT2D eigenvalue weighted by atomic mass is 35.5. The Morgan fingerprint density at radius 3 is 2.15 bits per heavy atom. The molecular weight excluding hydrogens is 188 g/mol. The number of carbonyl (C=O) groups excluding carboxylic acids is 1. The second-order valence-electron chi connectivity index (χ2n) is 2.28. The fraction of sp³-hybridized carbons (Fsp3) is 0.333. The zero-order valence-corrected chi connectivity index (χ0v) is 8.89. The van der Waals surface area contributed by atoms with Gasteiger partial charge in [0.1, 0.15) is 0 Å². The summed E-state index contributed by atoms with van der Waals surface area (Å²) in [6.45, 7) is 3.44. The number of amides is 1. The van der Waals surface area contributed by atoms with Gasteiger partial charge in [0.2, 0.25) is 5.91 Å². The van der Waals surface area contributed by atoms with E-state index in [1.54, 1.807) is 13.2 Å². The molecule has 1 rings (SSSR count). The molecule has 0 saturated carbocycles. The van der Waals surface area contributed by atoms with E-state index < -0.39 is 0 Å². The molecule has 0 unspecified atom stereocenters. The predicted octanol–water partition coefficient (Wildman–Crippen LogP) is 1.56. The Morgan fingerprint density at radius 1 is 1.46 bits per heavy atom. The maximum atomic E-state index is 9.70. The van der Waals surface area contributed by atoms with E-state index in [-0.39, 0.29) is 18.3 Å². The van der Waals surface area contributed by atoms with Gasteiger partial charge in [-0.25, -0.2) is 0 Å². The summed E-state index contributed by atoms with van der Waals surface area (Å²) >= 11 is 0. The van der Waals surface area contributed by atoms with Crippen LogP contribution in [0.25, 0.3) is 0 Å². The number of hydrogen-bond acceptors (Lipinski definition) is 2. The quantitative estimate of drug-likeness (QED) is 0.694.